The third-order valence-electron chi connectivity index (χ3n) is 5.67. The van der Waals surface area contributed by atoms with Gasteiger partial charge in [-0.3, -0.25) is 9.59 Å². The van der Waals surface area contributed by atoms with Crippen LogP contribution >= 0.6 is 0 Å². The van der Waals surface area contributed by atoms with Crippen LogP contribution in [0.5, 0.6) is 0 Å². The lowest BCUT2D eigenvalue weighted by Gasteiger charge is -2.29. The van der Waals surface area contributed by atoms with E-state index in [1.54, 1.807) is 4.90 Å². The van der Waals surface area contributed by atoms with Gasteiger partial charge in [-0.25, -0.2) is 0 Å². The van der Waals surface area contributed by atoms with Crippen molar-refractivity contribution in [2.24, 2.45) is 11.8 Å². The molecule has 2 fully saturated rings. The van der Waals surface area contributed by atoms with Gasteiger partial charge in [-0.2, -0.15) is 0 Å². The fraction of sp³-hybridized carbons (Fsp3) is 0.600. The maximum atomic E-state index is 12.6. The quantitative estimate of drug-likeness (QED) is 0.920. The van der Waals surface area contributed by atoms with Crippen molar-refractivity contribution in [1.29, 1.82) is 0 Å². The van der Waals surface area contributed by atoms with Crippen molar-refractivity contribution < 1.29 is 9.59 Å². The number of nitrogens with one attached hydrogen (secondary N) is 1. The van der Waals surface area contributed by atoms with E-state index in [1.807, 2.05) is 31.2 Å². The Labute approximate surface area is 144 Å². The second kappa shape index (κ2) is 7.37. The van der Waals surface area contributed by atoms with Crippen molar-refractivity contribution >= 4 is 17.5 Å². The summed E-state index contributed by atoms with van der Waals surface area (Å²) in [6.45, 7) is 4.75. The number of nitrogens with zero attached hydrogens (tertiary/aromatic N) is 1. The third-order valence-corrected chi connectivity index (χ3v) is 5.67. The summed E-state index contributed by atoms with van der Waals surface area (Å²) in [5.74, 6) is 0.710. The van der Waals surface area contributed by atoms with E-state index in [4.69, 9.17) is 0 Å². The Hall–Kier alpha value is -1.84. The monoisotopic (exact) mass is 328 g/mol. The zero-order chi connectivity index (χ0) is 17.1. The van der Waals surface area contributed by atoms with Crippen LogP contribution in [0.1, 0.15) is 51.0 Å². The molecular weight excluding hydrogens is 300 g/mol. The molecule has 1 N–H and O–H groups in total. The lowest BCUT2D eigenvalue weighted by molar-refractivity contribution is -0.127. The van der Waals surface area contributed by atoms with Crippen molar-refractivity contribution in [2.45, 2.75) is 58.4 Å². The first kappa shape index (κ1) is 17.0. The van der Waals surface area contributed by atoms with E-state index < -0.39 is 0 Å². The molecule has 24 heavy (non-hydrogen) atoms. The van der Waals surface area contributed by atoms with Crippen LogP contribution in [0.25, 0.3) is 0 Å². The molecule has 0 unspecified atom stereocenters. The van der Waals surface area contributed by atoms with Gasteiger partial charge >= 0.3 is 0 Å². The van der Waals surface area contributed by atoms with Gasteiger partial charge in [-0.1, -0.05) is 31.5 Å². The number of hydrogen-bond donors (Lipinski definition) is 1. The molecule has 1 aliphatic carbocycles. The van der Waals surface area contributed by atoms with Gasteiger partial charge in [0.1, 0.15) is 0 Å². The van der Waals surface area contributed by atoms with Crippen molar-refractivity contribution in [1.82, 2.24) is 5.32 Å². The minimum atomic E-state index is -0.221. The maximum Gasteiger partial charge on any atom is 0.227 e. The highest BCUT2D eigenvalue weighted by molar-refractivity contribution is 6.00. The van der Waals surface area contributed by atoms with Gasteiger partial charge in [-0.05, 0) is 50.2 Å². The predicted octanol–water partition coefficient (Wildman–Crippen LogP) is 3.43. The van der Waals surface area contributed by atoms with E-state index in [0.717, 1.165) is 30.0 Å². The molecule has 1 saturated carbocycles. The standard InChI is InChI=1S/C20H28N2O2/c1-3-15-8-10-17(11-9-15)21-20(24)16-12-19(23)22(13-16)18-7-5-4-6-14(18)2/h4-7,15-17H,3,8-13H2,1-2H3,(H,21,24)/t15?,16-,17?/m1/s1. The third kappa shape index (κ3) is 3.63. The van der Waals surface area contributed by atoms with Gasteiger partial charge in [-0.15, -0.1) is 0 Å². The van der Waals surface area contributed by atoms with Crippen molar-refractivity contribution in [3.63, 3.8) is 0 Å². The van der Waals surface area contributed by atoms with Crippen LogP contribution in [-0.2, 0) is 9.59 Å². The number of amides is 2. The Morgan fingerprint density at radius 2 is 1.92 bits per heavy atom. The Morgan fingerprint density at radius 3 is 2.58 bits per heavy atom. The molecule has 1 aliphatic heterocycles. The molecule has 2 amide bonds. The minimum Gasteiger partial charge on any atom is -0.353 e. The van der Waals surface area contributed by atoms with Crippen LogP contribution in [-0.4, -0.2) is 24.4 Å². The summed E-state index contributed by atoms with van der Waals surface area (Å²) in [5, 5.41) is 3.19. The molecule has 0 bridgehead atoms. The summed E-state index contributed by atoms with van der Waals surface area (Å²) >= 11 is 0. The average molecular weight is 328 g/mol. The Morgan fingerprint density at radius 1 is 1.21 bits per heavy atom. The van der Waals surface area contributed by atoms with E-state index in [9.17, 15) is 9.59 Å². The zero-order valence-electron chi connectivity index (χ0n) is 14.8. The summed E-state index contributed by atoms with van der Waals surface area (Å²) in [5.41, 5.74) is 2.01. The average Bonchev–Trinajstić information content (AvgIpc) is 2.98. The van der Waals surface area contributed by atoms with Gasteiger partial charge < -0.3 is 10.2 Å². The van der Waals surface area contributed by atoms with Crippen LogP contribution in [0.15, 0.2) is 24.3 Å². The van der Waals surface area contributed by atoms with Gasteiger partial charge in [0, 0.05) is 24.7 Å². The van der Waals surface area contributed by atoms with Crippen LogP contribution in [0.3, 0.4) is 0 Å². The summed E-state index contributed by atoms with van der Waals surface area (Å²) in [4.78, 5) is 26.7. The number of carbonyl (C=O) groups excluding carboxylic acids is 2. The molecule has 1 aromatic rings. The van der Waals surface area contributed by atoms with Crippen LogP contribution in [0, 0.1) is 18.8 Å². The summed E-state index contributed by atoms with van der Waals surface area (Å²) in [6.07, 6.45) is 6.13. The highest BCUT2D eigenvalue weighted by Gasteiger charge is 2.36. The number of anilines is 1. The first-order valence-electron chi connectivity index (χ1n) is 9.24. The molecule has 0 spiro atoms. The predicted molar refractivity (Wildman–Crippen MR) is 95.8 cm³/mol. The van der Waals surface area contributed by atoms with Crippen LogP contribution in [0.4, 0.5) is 5.69 Å². The number of carbonyl (C=O) groups is 2. The molecule has 0 radical (unpaired) electrons. The molecule has 0 aromatic heterocycles. The minimum absolute atomic E-state index is 0.0548. The normalized spacial score (nSPS) is 27.3. The lowest BCUT2D eigenvalue weighted by atomic mass is 9.84. The van der Waals surface area contributed by atoms with Crippen LogP contribution < -0.4 is 10.2 Å². The largest absolute Gasteiger partial charge is 0.353 e. The number of para-hydroxylation sites is 1. The first-order chi connectivity index (χ1) is 11.6. The topological polar surface area (TPSA) is 49.4 Å². The van der Waals surface area contributed by atoms with Crippen molar-refractivity contribution in [2.75, 3.05) is 11.4 Å². The van der Waals surface area contributed by atoms with E-state index >= 15 is 0 Å². The second-order valence-electron chi connectivity index (χ2n) is 7.33. The Bertz CT molecular complexity index is 605. The van der Waals surface area contributed by atoms with E-state index in [1.165, 1.54) is 19.3 Å². The van der Waals surface area contributed by atoms with Crippen LogP contribution in [0.2, 0.25) is 0 Å². The van der Waals surface area contributed by atoms with Gasteiger partial charge in [0.2, 0.25) is 11.8 Å². The van der Waals surface area contributed by atoms with E-state index in [0.29, 0.717) is 19.0 Å². The summed E-state index contributed by atoms with van der Waals surface area (Å²) in [7, 11) is 0. The molecule has 1 atom stereocenters. The number of hydrogen-bond acceptors (Lipinski definition) is 2. The lowest BCUT2D eigenvalue weighted by Crippen LogP contribution is -2.41. The number of aryl methyl sites for hydroxylation is 1. The fourth-order valence-electron chi connectivity index (χ4n) is 4.02. The van der Waals surface area contributed by atoms with Crippen molar-refractivity contribution in [3.05, 3.63) is 29.8 Å². The highest BCUT2D eigenvalue weighted by Crippen LogP contribution is 2.29. The maximum absolute atomic E-state index is 12.6. The Kier molecular flexibility index (Phi) is 5.22. The molecular formula is C20H28N2O2. The first-order valence-corrected chi connectivity index (χ1v) is 9.24. The molecule has 1 heterocycles. The van der Waals surface area contributed by atoms with Crippen molar-refractivity contribution in [3.8, 4) is 0 Å². The summed E-state index contributed by atoms with van der Waals surface area (Å²) in [6, 6.07) is 8.16. The second-order valence-corrected chi connectivity index (χ2v) is 7.33. The zero-order valence-corrected chi connectivity index (χ0v) is 14.8. The molecule has 1 aromatic carbocycles. The smallest absolute Gasteiger partial charge is 0.227 e. The molecule has 1 saturated heterocycles. The summed E-state index contributed by atoms with van der Waals surface area (Å²) < 4.78 is 0. The van der Waals surface area contributed by atoms with E-state index in [-0.39, 0.29) is 17.7 Å². The molecule has 4 heteroatoms. The number of benzene rings is 1. The fourth-order valence-corrected chi connectivity index (χ4v) is 4.02. The molecule has 3 rings (SSSR count). The number of rotatable bonds is 4. The van der Waals surface area contributed by atoms with E-state index in [2.05, 4.69) is 12.2 Å². The van der Waals surface area contributed by atoms with Gasteiger partial charge in [0.25, 0.3) is 0 Å². The van der Waals surface area contributed by atoms with Gasteiger partial charge in [0.15, 0.2) is 0 Å². The van der Waals surface area contributed by atoms with Gasteiger partial charge in [0.05, 0.1) is 5.92 Å². The highest BCUT2D eigenvalue weighted by atomic mass is 16.2. The SMILES string of the molecule is CCC1CCC(NC(=O)[C@@H]2CC(=O)N(c3ccccc3C)C2)CC1. The molecule has 4 nitrogen and oxygen atoms in total. The molecule has 130 valence electrons. The Balaban J connectivity index is 1.58. The molecule has 2 aliphatic rings.